The summed E-state index contributed by atoms with van der Waals surface area (Å²) in [5, 5.41) is 8.76. The first-order valence-electron chi connectivity index (χ1n) is 4.58. The van der Waals surface area contributed by atoms with Gasteiger partial charge in [-0.2, -0.15) is 0 Å². The van der Waals surface area contributed by atoms with E-state index in [1.54, 1.807) is 6.08 Å². The largest absolute Gasteiger partial charge is 0.396 e. The van der Waals surface area contributed by atoms with Crippen LogP contribution in [0.4, 0.5) is 4.39 Å². The van der Waals surface area contributed by atoms with E-state index in [-0.39, 0.29) is 19.1 Å². The number of aliphatic hydroxyl groups excluding tert-OH is 1. The summed E-state index contributed by atoms with van der Waals surface area (Å²) in [6.45, 7) is 8.55. The molecule has 0 aromatic heterocycles. The van der Waals surface area contributed by atoms with Crippen molar-refractivity contribution in [1.82, 2.24) is 0 Å². The van der Waals surface area contributed by atoms with E-state index in [9.17, 15) is 4.39 Å². The Labute approximate surface area is 84.6 Å². The van der Waals surface area contributed by atoms with Crippen molar-refractivity contribution >= 4 is 0 Å². The number of nitrogens with two attached hydrogens (primary N) is 1. The van der Waals surface area contributed by atoms with Crippen LogP contribution in [0.1, 0.15) is 19.8 Å². The molecule has 2 nitrogen and oxygen atoms in total. The highest BCUT2D eigenvalue weighted by Crippen LogP contribution is 2.22. The molecule has 0 aromatic carbocycles. The number of allylic oxidation sites excluding steroid dienone is 2. The predicted octanol–water partition coefficient (Wildman–Crippen LogP) is 2.07. The average molecular weight is 199 g/mol. The minimum absolute atomic E-state index is 0.0592. The maximum atomic E-state index is 13.0. The van der Waals surface area contributed by atoms with Crippen LogP contribution >= 0.6 is 0 Å². The zero-order chi connectivity index (χ0) is 11.1. The molecule has 0 saturated carbocycles. The number of rotatable bonds is 6. The topological polar surface area (TPSA) is 46.2 Å². The molecule has 0 heterocycles. The molecule has 0 amide bonds. The smallest absolute Gasteiger partial charge is 0.119 e. The average Bonchev–Trinajstić information content (AvgIpc) is 2.10. The van der Waals surface area contributed by atoms with Crippen LogP contribution in [0.15, 0.2) is 36.2 Å². The summed E-state index contributed by atoms with van der Waals surface area (Å²) in [5.41, 5.74) is 6.75. The summed E-state index contributed by atoms with van der Waals surface area (Å²) in [6.07, 6.45) is 2.37. The van der Waals surface area contributed by atoms with Gasteiger partial charge in [0, 0.05) is 12.6 Å². The van der Waals surface area contributed by atoms with Gasteiger partial charge in [0.25, 0.3) is 0 Å². The first-order valence-corrected chi connectivity index (χ1v) is 4.58. The molecule has 0 saturated heterocycles. The van der Waals surface area contributed by atoms with E-state index in [0.29, 0.717) is 12.0 Å². The molecular formula is C11H18FNO. The Morgan fingerprint density at radius 1 is 1.64 bits per heavy atom. The van der Waals surface area contributed by atoms with Crippen molar-refractivity contribution in [3.8, 4) is 0 Å². The standard InChI is InChI=1S/C11H18FNO/c1-4-10(7-8(2)13)11(5-6-14)9(3)12/h4,8,14H,1,3,5-7,13H2,2H3/b11-10+. The number of aliphatic hydroxyl groups is 1. The Hall–Kier alpha value is -0.930. The first-order chi connectivity index (χ1) is 6.52. The van der Waals surface area contributed by atoms with Gasteiger partial charge in [0.1, 0.15) is 5.83 Å². The summed E-state index contributed by atoms with van der Waals surface area (Å²) in [4.78, 5) is 0. The Bertz CT molecular complexity index is 244. The summed E-state index contributed by atoms with van der Waals surface area (Å²) >= 11 is 0. The third-order valence-electron chi connectivity index (χ3n) is 1.87. The van der Waals surface area contributed by atoms with Crippen LogP contribution < -0.4 is 5.73 Å². The third-order valence-corrected chi connectivity index (χ3v) is 1.87. The summed E-state index contributed by atoms with van der Waals surface area (Å²) in [5.74, 6) is -0.519. The Balaban J connectivity index is 4.87. The van der Waals surface area contributed by atoms with E-state index in [2.05, 4.69) is 13.2 Å². The van der Waals surface area contributed by atoms with Crippen molar-refractivity contribution in [3.63, 3.8) is 0 Å². The van der Waals surface area contributed by atoms with Crippen LogP contribution in [0, 0.1) is 0 Å². The molecule has 0 aliphatic heterocycles. The molecule has 0 aliphatic rings. The lowest BCUT2D eigenvalue weighted by molar-refractivity contribution is 0.298. The van der Waals surface area contributed by atoms with Crippen molar-refractivity contribution in [3.05, 3.63) is 36.2 Å². The highest BCUT2D eigenvalue weighted by molar-refractivity contribution is 5.35. The number of hydrogen-bond acceptors (Lipinski definition) is 2. The van der Waals surface area contributed by atoms with Gasteiger partial charge in [0.15, 0.2) is 0 Å². The van der Waals surface area contributed by atoms with Crippen LogP contribution in [0.25, 0.3) is 0 Å². The van der Waals surface area contributed by atoms with E-state index >= 15 is 0 Å². The summed E-state index contributed by atoms with van der Waals surface area (Å²) < 4.78 is 13.0. The molecule has 0 fully saturated rings. The van der Waals surface area contributed by atoms with Gasteiger partial charge in [-0.1, -0.05) is 19.2 Å². The summed E-state index contributed by atoms with van der Waals surface area (Å²) in [6, 6.07) is -0.0592. The predicted molar refractivity (Wildman–Crippen MR) is 57.4 cm³/mol. The fourth-order valence-electron chi connectivity index (χ4n) is 1.26. The molecular weight excluding hydrogens is 181 g/mol. The van der Waals surface area contributed by atoms with E-state index in [1.807, 2.05) is 6.92 Å². The lowest BCUT2D eigenvalue weighted by Gasteiger charge is -2.11. The molecule has 0 aromatic rings. The van der Waals surface area contributed by atoms with Crippen molar-refractivity contribution in [1.29, 1.82) is 0 Å². The third kappa shape index (κ3) is 4.35. The lowest BCUT2D eigenvalue weighted by atomic mass is 9.99. The molecule has 3 heteroatoms. The molecule has 3 N–H and O–H groups in total. The highest BCUT2D eigenvalue weighted by Gasteiger charge is 2.09. The molecule has 1 unspecified atom stereocenters. The molecule has 0 bridgehead atoms. The molecule has 14 heavy (non-hydrogen) atoms. The van der Waals surface area contributed by atoms with Crippen LogP contribution in [0.5, 0.6) is 0 Å². The fraction of sp³-hybridized carbons (Fsp3) is 0.455. The second-order valence-electron chi connectivity index (χ2n) is 3.27. The highest BCUT2D eigenvalue weighted by atomic mass is 19.1. The van der Waals surface area contributed by atoms with E-state index in [4.69, 9.17) is 10.8 Å². The minimum atomic E-state index is -0.519. The minimum Gasteiger partial charge on any atom is -0.396 e. The maximum Gasteiger partial charge on any atom is 0.119 e. The number of halogens is 1. The van der Waals surface area contributed by atoms with Gasteiger partial charge in [-0.3, -0.25) is 0 Å². The molecule has 80 valence electrons. The van der Waals surface area contributed by atoms with Crippen molar-refractivity contribution < 1.29 is 9.50 Å². The van der Waals surface area contributed by atoms with E-state index < -0.39 is 5.83 Å². The van der Waals surface area contributed by atoms with Crippen LogP contribution in [0.2, 0.25) is 0 Å². The van der Waals surface area contributed by atoms with Crippen LogP contribution in [0.3, 0.4) is 0 Å². The monoisotopic (exact) mass is 199 g/mol. The van der Waals surface area contributed by atoms with Crippen molar-refractivity contribution in [2.24, 2.45) is 5.73 Å². The zero-order valence-electron chi connectivity index (χ0n) is 8.59. The Morgan fingerprint density at radius 2 is 2.21 bits per heavy atom. The zero-order valence-corrected chi connectivity index (χ0v) is 8.59. The molecule has 0 aliphatic carbocycles. The van der Waals surface area contributed by atoms with Gasteiger partial charge in [0.2, 0.25) is 0 Å². The van der Waals surface area contributed by atoms with Gasteiger partial charge < -0.3 is 10.8 Å². The molecule has 0 spiro atoms. The molecule has 0 radical (unpaired) electrons. The maximum absolute atomic E-state index is 13.0. The van der Waals surface area contributed by atoms with Crippen molar-refractivity contribution in [2.45, 2.75) is 25.8 Å². The van der Waals surface area contributed by atoms with E-state index in [0.717, 1.165) is 5.57 Å². The normalized spacial score (nSPS) is 14.6. The second-order valence-corrected chi connectivity index (χ2v) is 3.27. The quantitative estimate of drug-likeness (QED) is 0.643. The summed E-state index contributed by atoms with van der Waals surface area (Å²) in [7, 11) is 0. The van der Waals surface area contributed by atoms with Gasteiger partial charge in [-0.15, -0.1) is 0 Å². The second kappa shape index (κ2) is 6.51. The van der Waals surface area contributed by atoms with Crippen LogP contribution in [-0.2, 0) is 0 Å². The van der Waals surface area contributed by atoms with E-state index in [1.165, 1.54) is 0 Å². The molecule has 1 atom stereocenters. The Morgan fingerprint density at radius 3 is 2.50 bits per heavy atom. The SMILES string of the molecule is C=C/C(CC(C)N)=C(/CCO)C(=C)F. The Kier molecular flexibility index (Phi) is 6.08. The van der Waals surface area contributed by atoms with Gasteiger partial charge in [-0.05, 0) is 30.9 Å². The number of hydrogen-bond donors (Lipinski definition) is 2. The van der Waals surface area contributed by atoms with Gasteiger partial charge in [-0.25, -0.2) is 4.39 Å². The van der Waals surface area contributed by atoms with Gasteiger partial charge in [0.05, 0.1) is 0 Å². The molecule has 0 rings (SSSR count). The van der Waals surface area contributed by atoms with Crippen molar-refractivity contribution in [2.75, 3.05) is 6.61 Å². The fourth-order valence-corrected chi connectivity index (χ4v) is 1.26. The van der Waals surface area contributed by atoms with Gasteiger partial charge >= 0.3 is 0 Å². The van der Waals surface area contributed by atoms with Crippen LogP contribution in [-0.4, -0.2) is 17.8 Å². The first kappa shape index (κ1) is 13.1. The lowest BCUT2D eigenvalue weighted by Crippen LogP contribution is -2.15.